The number of rotatable bonds is 6. The second kappa shape index (κ2) is 8.96. The zero-order chi connectivity index (χ0) is 21.1. The van der Waals surface area contributed by atoms with Gasteiger partial charge in [0.1, 0.15) is 11.9 Å². The fraction of sp³-hybridized carbons (Fsp3) is 0.682. The summed E-state index contributed by atoms with van der Waals surface area (Å²) in [4.78, 5) is 13.8. The molecule has 2 heterocycles. The van der Waals surface area contributed by atoms with Crippen LogP contribution in [0.5, 0.6) is 5.75 Å². The first kappa shape index (κ1) is 22.0. The topological polar surface area (TPSA) is 57.2 Å². The van der Waals surface area contributed by atoms with Gasteiger partial charge in [-0.05, 0) is 51.7 Å². The second-order valence-electron chi connectivity index (χ2n) is 8.93. The maximum Gasteiger partial charge on any atom is 0.494 e. The highest BCUT2D eigenvalue weighted by atomic mass is 16.7. The molecule has 6 nitrogen and oxygen atoms in total. The Morgan fingerprint density at radius 2 is 1.69 bits per heavy atom. The van der Waals surface area contributed by atoms with Crippen molar-refractivity contribution >= 4 is 18.7 Å². The Hall–Kier alpha value is -1.73. The predicted molar refractivity (Wildman–Crippen MR) is 114 cm³/mol. The molecule has 0 aliphatic carbocycles. The highest BCUT2D eigenvalue weighted by Crippen LogP contribution is 2.36. The molecule has 0 aromatic heterocycles. The lowest BCUT2D eigenvalue weighted by molar-refractivity contribution is 0.00578. The molecule has 0 saturated carbocycles. The summed E-state index contributed by atoms with van der Waals surface area (Å²) in [6, 6.07) is 7.92. The van der Waals surface area contributed by atoms with Crippen molar-refractivity contribution in [2.24, 2.45) is 0 Å². The van der Waals surface area contributed by atoms with Crippen molar-refractivity contribution in [2.75, 3.05) is 19.7 Å². The van der Waals surface area contributed by atoms with Gasteiger partial charge in [0.05, 0.1) is 17.8 Å². The molecule has 2 aliphatic rings. The van der Waals surface area contributed by atoms with Crippen molar-refractivity contribution in [3.05, 3.63) is 24.3 Å². The van der Waals surface area contributed by atoms with Gasteiger partial charge in [-0.15, -0.1) is 0 Å². The SMILES string of the molecule is CCCCOC(=O)N1CCC(Oc2ccc(B3OC(C)(C)C(C)(C)O3)cc2)CC1. The Morgan fingerprint density at radius 1 is 1.10 bits per heavy atom. The van der Waals surface area contributed by atoms with E-state index in [1.54, 1.807) is 4.90 Å². The normalized spacial score (nSPS) is 21.3. The lowest BCUT2D eigenvalue weighted by atomic mass is 9.79. The maximum atomic E-state index is 12.0. The minimum absolute atomic E-state index is 0.109. The molecule has 3 rings (SSSR count). The van der Waals surface area contributed by atoms with Crippen LogP contribution in [0.25, 0.3) is 0 Å². The van der Waals surface area contributed by atoms with Crippen LogP contribution in [0.3, 0.4) is 0 Å². The highest BCUT2D eigenvalue weighted by Gasteiger charge is 2.51. The molecule has 0 bridgehead atoms. The molecule has 0 N–H and O–H groups in total. The molecule has 0 radical (unpaired) electrons. The standard InChI is InChI=1S/C22H34BNO5/c1-6-7-16-26-20(25)24-14-12-19(13-15-24)27-18-10-8-17(9-11-18)23-28-21(2,3)22(4,5)29-23/h8-11,19H,6-7,12-16H2,1-5H3. The van der Waals surface area contributed by atoms with Crippen LogP contribution < -0.4 is 10.2 Å². The van der Waals surface area contributed by atoms with Gasteiger partial charge in [0.2, 0.25) is 0 Å². The highest BCUT2D eigenvalue weighted by molar-refractivity contribution is 6.62. The van der Waals surface area contributed by atoms with Crippen LogP contribution >= 0.6 is 0 Å². The van der Waals surface area contributed by atoms with Crippen molar-refractivity contribution in [2.45, 2.75) is 77.6 Å². The number of carbonyl (C=O) groups excluding carboxylic acids is 1. The first-order valence-corrected chi connectivity index (χ1v) is 10.8. The van der Waals surface area contributed by atoms with Gasteiger partial charge in [-0.3, -0.25) is 0 Å². The Labute approximate surface area is 175 Å². The Morgan fingerprint density at radius 3 is 2.24 bits per heavy atom. The lowest BCUT2D eigenvalue weighted by Crippen LogP contribution is -2.42. The number of ether oxygens (including phenoxy) is 2. The number of hydrogen-bond donors (Lipinski definition) is 0. The van der Waals surface area contributed by atoms with E-state index >= 15 is 0 Å². The molecular weight excluding hydrogens is 369 g/mol. The quantitative estimate of drug-likeness (QED) is 0.535. The molecule has 1 aromatic carbocycles. The van der Waals surface area contributed by atoms with Gasteiger partial charge in [-0.2, -0.15) is 0 Å². The van der Waals surface area contributed by atoms with E-state index in [2.05, 4.69) is 34.6 Å². The van der Waals surface area contributed by atoms with Crippen LogP contribution in [0.15, 0.2) is 24.3 Å². The number of carbonyl (C=O) groups is 1. The number of nitrogens with zero attached hydrogens (tertiary/aromatic N) is 1. The van der Waals surface area contributed by atoms with Crippen LogP contribution in [-0.2, 0) is 14.0 Å². The molecule has 29 heavy (non-hydrogen) atoms. The predicted octanol–water partition coefficient (Wildman–Crippen LogP) is 3.77. The number of unbranched alkanes of at least 4 members (excludes halogenated alkanes) is 1. The molecular formula is C22H34BNO5. The minimum atomic E-state index is -0.365. The van der Waals surface area contributed by atoms with Crippen LogP contribution in [0.2, 0.25) is 0 Å². The molecule has 1 amide bonds. The summed E-state index contributed by atoms with van der Waals surface area (Å²) in [5, 5.41) is 0. The molecule has 2 saturated heterocycles. The van der Waals surface area contributed by atoms with E-state index in [4.69, 9.17) is 18.8 Å². The van der Waals surface area contributed by atoms with Crippen molar-refractivity contribution in [1.29, 1.82) is 0 Å². The Balaban J connectivity index is 1.47. The molecule has 0 atom stereocenters. The van der Waals surface area contributed by atoms with Crippen molar-refractivity contribution < 1.29 is 23.6 Å². The summed E-state index contributed by atoms with van der Waals surface area (Å²) in [6.07, 6.45) is 3.45. The van der Waals surface area contributed by atoms with Gasteiger partial charge >= 0.3 is 13.2 Å². The summed E-state index contributed by atoms with van der Waals surface area (Å²) in [7, 11) is -0.365. The number of benzene rings is 1. The monoisotopic (exact) mass is 403 g/mol. The average Bonchev–Trinajstić information content (AvgIpc) is 2.90. The van der Waals surface area contributed by atoms with Crippen molar-refractivity contribution in [3.8, 4) is 5.75 Å². The summed E-state index contributed by atoms with van der Waals surface area (Å²) < 4.78 is 23.6. The summed E-state index contributed by atoms with van der Waals surface area (Å²) in [5.41, 5.74) is 0.289. The smallest absolute Gasteiger partial charge is 0.490 e. The number of hydrogen-bond acceptors (Lipinski definition) is 5. The summed E-state index contributed by atoms with van der Waals surface area (Å²) >= 11 is 0. The third-order valence-corrected chi connectivity index (χ3v) is 6.13. The van der Waals surface area contributed by atoms with Gasteiger partial charge in [0.25, 0.3) is 0 Å². The molecule has 7 heteroatoms. The minimum Gasteiger partial charge on any atom is -0.490 e. The maximum absolute atomic E-state index is 12.0. The van der Waals surface area contributed by atoms with E-state index in [0.717, 1.165) is 36.9 Å². The first-order chi connectivity index (χ1) is 13.7. The molecule has 0 spiro atoms. The number of likely N-dealkylation sites (tertiary alicyclic amines) is 1. The lowest BCUT2D eigenvalue weighted by Gasteiger charge is -2.32. The third kappa shape index (κ3) is 5.26. The number of amides is 1. The largest absolute Gasteiger partial charge is 0.494 e. The second-order valence-corrected chi connectivity index (χ2v) is 8.93. The van der Waals surface area contributed by atoms with Gasteiger partial charge in [0.15, 0.2) is 0 Å². The summed E-state index contributed by atoms with van der Waals surface area (Å²) in [6.45, 7) is 12.1. The zero-order valence-corrected chi connectivity index (χ0v) is 18.4. The Kier molecular flexibility index (Phi) is 6.79. The van der Waals surface area contributed by atoms with E-state index in [-0.39, 0.29) is 30.5 Å². The fourth-order valence-electron chi connectivity index (χ4n) is 3.43. The van der Waals surface area contributed by atoms with E-state index in [9.17, 15) is 4.79 Å². The average molecular weight is 403 g/mol. The van der Waals surface area contributed by atoms with Crippen LogP contribution in [0, 0.1) is 0 Å². The molecule has 2 aliphatic heterocycles. The molecule has 2 fully saturated rings. The molecule has 160 valence electrons. The van der Waals surface area contributed by atoms with E-state index in [1.165, 1.54) is 0 Å². The van der Waals surface area contributed by atoms with Crippen molar-refractivity contribution in [1.82, 2.24) is 4.90 Å². The van der Waals surface area contributed by atoms with Gasteiger partial charge in [-0.25, -0.2) is 4.79 Å². The van der Waals surface area contributed by atoms with E-state index in [1.807, 2.05) is 24.3 Å². The Bertz CT molecular complexity index is 667. The summed E-state index contributed by atoms with van der Waals surface area (Å²) in [5.74, 6) is 0.828. The van der Waals surface area contributed by atoms with Gasteiger partial charge in [0, 0.05) is 25.9 Å². The van der Waals surface area contributed by atoms with Crippen LogP contribution in [0.4, 0.5) is 4.79 Å². The molecule has 0 unspecified atom stereocenters. The van der Waals surface area contributed by atoms with E-state index < -0.39 is 0 Å². The van der Waals surface area contributed by atoms with Crippen LogP contribution in [0.1, 0.15) is 60.3 Å². The fourth-order valence-corrected chi connectivity index (χ4v) is 3.43. The van der Waals surface area contributed by atoms with Gasteiger partial charge < -0.3 is 23.7 Å². The molecule has 1 aromatic rings. The van der Waals surface area contributed by atoms with Crippen LogP contribution in [-0.4, -0.2) is 55.1 Å². The third-order valence-electron chi connectivity index (χ3n) is 6.13. The van der Waals surface area contributed by atoms with E-state index in [0.29, 0.717) is 19.7 Å². The zero-order valence-electron chi connectivity index (χ0n) is 18.4. The number of piperidine rings is 1. The van der Waals surface area contributed by atoms with Crippen molar-refractivity contribution in [3.63, 3.8) is 0 Å². The van der Waals surface area contributed by atoms with Gasteiger partial charge in [-0.1, -0.05) is 25.5 Å². The first-order valence-electron chi connectivity index (χ1n) is 10.8.